The predicted octanol–water partition coefficient (Wildman–Crippen LogP) is 3.25. The van der Waals surface area contributed by atoms with Gasteiger partial charge in [-0.05, 0) is 50.5 Å². The lowest BCUT2D eigenvalue weighted by molar-refractivity contribution is 0.103. The summed E-state index contributed by atoms with van der Waals surface area (Å²) in [4.78, 5) is 17.0. The van der Waals surface area contributed by atoms with Crippen LogP contribution in [-0.2, 0) is 6.42 Å². The molecule has 102 valence electrons. The van der Waals surface area contributed by atoms with Crippen molar-refractivity contribution in [3.8, 4) is 5.75 Å². The number of fused-ring (bicyclic) bond motifs is 1. The molecule has 1 aromatic heterocycles. The van der Waals surface area contributed by atoms with Gasteiger partial charge in [0.25, 0.3) is 0 Å². The molecule has 0 saturated carbocycles. The van der Waals surface area contributed by atoms with Gasteiger partial charge >= 0.3 is 0 Å². The van der Waals surface area contributed by atoms with Crippen LogP contribution in [-0.4, -0.2) is 17.4 Å². The largest absolute Gasteiger partial charge is 0.493 e. The molecule has 0 fully saturated rings. The van der Waals surface area contributed by atoms with Gasteiger partial charge in [-0.25, -0.2) is 0 Å². The molecule has 1 aromatic carbocycles. The molecule has 3 rings (SSSR count). The van der Waals surface area contributed by atoms with Crippen LogP contribution < -0.4 is 4.74 Å². The number of hydrogen-bond acceptors (Lipinski definition) is 3. The van der Waals surface area contributed by atoms with Gasteiger partial charge in [0, 0.05) is 17.0 Å². The van der Waals surface area contributed by atoms with Gasteiger partial charge in [-0.3, -0.25) is 9.78 Å². The van der Waals surface area contributed by atoms with E-state index in [0.29, 0.717) is 17.7 Å². The molecule has 1 aliphatic heterocycles. The molecule has 0 spiro atoms. The van der Waals surface area contributed by atoms with Crippen LogP contribution in [0.5, 0.6) is 5.75 Å². The molecule has 2 heterocycles. The summed E-state index contributed by atoms with van der Waals surface area (Å²) >= 11 is 0. The van der Waals surface area contributed by atoms with Gasteiger partial charge in [0.2, 0.25) is 0 Å². The van der Waals surface area contributed by atoms with Crippen molar-refractivity contribution < 1.29 is 9.53 Å². The number of pyridine rings is 1. The second-order valence-corrected chi connectivity index (χ2v) is 5.21. The Morgan fingerprint density at radius 2 is 1.95 bits per heavy atom. The Morgan fingerprint density at radius 3 is 2.70 bits per heavy atom. The molecule has 0 atom stereocenters. The van der Waals surface area contributed by atoms with Crippen LogP contribution in [0.2, 0.25) is 0 Å². The molecule has 0 unspecified atom stereocenters. The van der Waals surface area contributed by atoms with E-state index in [0.717, 1.165) is 35.5 Å². The third-order valence-corrected chi connectivity index (χ3v) is 3.52. The molecule has 0 amide bonds. The van der Waals surface area contributed by atoms with Gasteiger partial charge in [0.1, 0.15) is 5.75 Å². The quantitative estimate of drug-likeness (QED) is 0.784. The Hall–Kier alpha value is -2.16. The minimum atomic E-state index is 0.0114. The summed E-state index contributed by atoms with van der Waals surface area (Å²) in [5, 5.41) is 0. The maximum atomic E-state index is 12.7. The Bertz CT molecular complexity index is 656. The van der Waals surface area contributed by atoms with Crippen molar-refractivity contribution in [2.24, 2.45) is 0 Å². The molecule has 0 saturated heterocycles. The van der Waals surface area contributed by atoms with Crippen LogP contribution in [0.15, 0.2) is 30.3 Å². The number of ketones is 1. The lowest BCUT2D eigenvalue weighted by Gasteiger charge is -2.19. The van der Waals surface area contributed by atoms with E-state index in [1.807, 2.05) is 44.2 Å². The Balaban J connectivity index is 2.06. The van der Waals surface area contributed by atoms with E-state index < -0.39 is 0 Å². The maximum Gasteiger partial charge on any atom is 0.196 e. The van der Waals surface area contributed by atoms with Gasteiger partial charge in [0.15, 0.2) is 5.78 Å². The number of para-hydroxylation sites is 1. The van der Waals surface area contributed by atoms with Gasteiger partial charge in [-0.2, -0.15) is 0 Å². The van der Waals surface area contributed by atoms with E-state index in [-0.39, 0.29) is 5.78 Å². The number of rotatable bonds is 2. The summed E-state index contributed by atoms with van der Waals surface area (Å²) in [6, 6.07) is 9.47. The highest BCUT2D eigenvalue weighted by molar-refractivity contribution is 6.11. The minimum absolute atomic E-state index is 0.0114. The molecule has 3 nitrogen and oxygen atoms in total. The maximum absolute atomic E-state index is 12.7. The molecule has 2 aromatic rings. The van der Waals surface area contributed by atoms with Gasteiger partial charge < -0.3 is 4.74 Å². The lowest BCUT2D eigenvalue weighted by atomic mass is 9.96. The highest BCUT2D eigenvalue weighted by Crippen LogP contribution is 2.30. The van der Waals surface area contributed by atoms with Crippen molar-refractivity contribution in [2.45, 2.75) is 26.7 Å². The minimum Gasteiger partial charge on any atom is -0.493 e. The van der Waals surface area contributed by atoms with Crippen LogP contribution in [0.3, 0.4) is 0 Å². The third-order valence-electron chi connectivity index (χ3n) is 3.52. The average Bonchev–Trinajstić information content (AvgIpc) is 2.45. The third kappa shape index (κ3) is 2.31. The Morgan fingerprint density at radius 1 is 1.20 bits per heavy atom. The average molecular weight is 267 g/mol. The molecule has 3 heteroatoms. The molecular weight excluding hydrogens is 250 g/mol. The van der Waals surface area contributed by atoms with Crippen molar-refractivity contribution in [2.75, 3.05) is 6.61 Å². The first-order chi connectivity index (χ1) is 9.65. The number of aromatic nitrogens is 1. The molecule has 1 aliphatic rings. The van der Waals surface area contributed by atoms with Crippen LogP contribution in [0.4, 0.5) is 0 Å². The number of hydrogen-bond donors (Lipinski definition) is 0. The smallest absolute Gasteiger partial charge is 0.196 e. The van der Waals surface area contributed by atoms with Gasteiger partial charge in [-0.1, -0.05) is 12.1 Å². The molecular formula is C17H17NO2. The lowest BCUT2D eigenvalue weighted by Crippen LogP contribution is -2.13. The van der Waals surface area contributed by atoms with Crippen molar-refractivity contribution in [3.63, 3.8) is 0 Å². The van der Waals surface area contributed by atoms with Crippen LogP contribution in [0, 0.1) is 13.8 Å². The monoisotopic (exact) mass is 267 g/mol. The summed E-state index contributed by atoms with van der Waals surface area (Å²) < 4.78 is 5.72. The van der Waals surface area contributed by atoms with Crippen LogP contribution >= 0.6 is 0 Å². The summed E-state index contributed by atoms with van der Waals surface area (Å²) in [6.07, 6.45) is 1.99. The second kappa shape index (κ2) is 5.08. The first kappa shape index (κ1) is 12.9. The highest BCUT2D eigenvalue weighted by Gasteiger charge is 2.20. The summed E-state index contributed by atoms with van der Waals surface area (Å²) in [7, 11) is 0. The predicted molar refractivity (Wildman–Crippen MR) is 77.4 cm³/mol. The van der Waals surface area contributed by atoms with Crippen molar-refractivity contribution >= 4 is 5.78 Å². The van der Waals surface area contributed by atoms with E-state index >= 15 is 0 Å². The second-order valence-electron chi connectivity index (χ2n) is 5.21. The zero-order valence-corrected chi connectivity index (χ0v) is 11.8. The number of benzene rings is 1. The van der Waals surface area contributed by atoms with Gasteiger partial charge in [-0.15, -0.1) is 0 Å². The summed E-state index contributed by atoms with van der Waals surface area (Å²) in [5.74, 6) is 0.771. The Kier molecular flexibility index (Phi) is 3.26. The molecule has 0 bridgehead atoms. The molecule has 0 radical (unpaired) electrons. The number of nitrogens with zero attached hydrogens (tertiary/aromatic N) is 1. The number of ether oxygens (including phenoxy) is 1. The zero-order chi connectivity index (χ0) is 14.1. The van der Waals surface area contributed by atoms with Crippen molar-refractivity contribution in [3.05, 3.63) is 58.4 Å². The topological polar surface area (TPSA) is 39.2 Å². The van der Waals surface area contributed by atoms with E-state index in [2.05, 4.69) is 4.98 Å². The first-order valence-corrected chi connectivity index (χ1v) is 6.90. The number of carbonyl (C=O) groups is 1. The normalized spacial score (nSPS) is 13.5. The molecule has 20 heavy (non-hydrogen) atoms. The van der Waals surface area contributed by atoms with Crippen molar-refractivity contribution in [1.29, 1.82) is 0 Å². The summed E-state index contributed by atoms with van der Waals surface area (Å²) in [6.45, 7) is 4.49. The zero-order valence-electron chi connectivity index (χ0n) is 11.8. The highest BCUT2D eigenvalue weighted by atomic mass is 16.5. The van der Waals surface area contributed by atoms with Crippen LogP contribution in [0.1, 0.15) is 39.3 Å². The molecule has 0 aliphatic carbocycles. The summed E-state index contributed by atoms with van der Waals surface area (Å²) in [5.41, 5.74) is 4.19. The van der Waals surface area contributed by atoms with Crippen LogP contribution in [0.25, 0.3) is 0 Å². The SMILES string of the molecule is Cc1cc(C(=O)c2cccc3c2OCCC3)cc(C)n1. The van der Waals surface area contributed by atoms with Gasteiger partial charge in [0.05, 0.1) is 12.2 Å². The number of aryl methyl sites for hydroxylation is 3. The first-order valence-electron chi connectivity index (χ1n) is 6.90. The van der Waals surface area contributed by atoms with Crippen molar-refractivity contribution in [1.82, 2.24) is 4.98 Å². The fraction of sp³-hybridized carbons (Fsp3) is 0.294. The standard InChI is InChI=1S/C17H17NO2/c1-11-9-14(10-12(2)18-11)16(19)15-7-3-5-13-6-4-8-20-17(13)15/h3,5,7,9-10H,4,6,8H2,1-2H3. The Labute approximate surface area is 118 Å². The fourth-order valence-electron chi connectivity index (χ4n) is 2.69. The molecule has 0 N–H and O–H groups in total. The van der Waals surface area contributed by atoms with E-state index in [9.17, 15) is 4.79 Å². The fourth-order valence-corrected chi connectivity index (χ4v) is 2.69. The number of carbonyl (C=O) groups excluding carboxylic acids is 1. The van der Waals surface area contributed by atoms with E-state index in [4.69, 9.17) is 4.74 Å². The van der Waals surface area contributed by atoms with E-state index in [1.165, 1.54) is 0 Å². The van der Waals surface area contributed by atoms with E-state index in [1.54, 1.807) is 0 Å².